The molecule has 0 amide bonds. The van der Waals surface area contributed by atoms with E-state index in [4.69, 9.17) is 22.2 Å². The van der Waals surface area contributed by atoms with E-state index in [2.05, 4.69) is 54.2 Å². The summed E-state index contributed by atoms with van der Waals surface area (Å²) < 4.78 is 0. The highest BCUT2D eigenvalue weighted by atomic mass is 32.1. The number of thiocarbonyl (C=S) groups is 1. The number of rotatable bonds is 5. The molecule has 156 valence electrons. The lowest BCUT2D eigenvalue weighted by Crippen LogP contribution is -2.40. The molecular formula is C21H36N6S. The molecule has 3 heterocycles. The van der Waals surface area contributed by atoms with E-state index in [0.717, 1.165) is 44.4 Å². The fraction of sp³-hybridized carbons (Fsp3) is 0.762. The summed E-state index contributed by atoms with van der Waals surface area (Å²) in [7, 11) is 0. The van der Waals surface area contributed by atoms with Crippen molar-refractivity contribution in [2.75, 3.05) is 47.8 Å². The minimum absolute atomic E-state index is 0.534. The van der Waals surface area contributed by atoms with Gasteiger partial charge in [-0.15, -0.1) is 0 Å². The first-order valence-corrected chi connectivity index (χ1v) is 11.3. The number of nitrogens with zero attached hydrogens (tertiary/aromatic N) is 4. The number of hydrogen-bond acceptors (Lipinski definition) is 5. The summed E-state index contributed by atoms with van der Waals surface area (Å²) in [6.07, 6.45) is 5.06. The maximum atomic E-state index is 5.46. The van der Waals surface area contributed by atoms with Crippen LogP contribution in [-0.2, 0) is 0 Å². The summed E-state index contributed by atoms with van der Waals surface area (Å²) in [6, 6.07) is 2.17. The van der Waals surface area contributed by atoms with Crippen LogP contribution in [-0.4, -0.2) is 47.8 Å². The molecule has 7 heteroatoms. The van der Waals surface area contributed by atoms with Gasteiger partial charge in [0.05, 0.1) is 0 Å². The number of nitrogens with one attached hydrogen (secondary N) is 2. The highest BCUT2D eigenvalue weighted by Crippen LogP contribution is 2.29. The van der Waals surface area contributed by atoms with Gasteiger partial charge in [0.25, 0.3) is 0 Å². The maximum Gasteiger partial charge on any atom is 0.232 e. The Morgan fingerprint density at radius 3 is 2.29 bits per heavy atom. The lowest BCUT2D eigenvalue weighted by molar-refractivity contribution is 0.355. The standard InChI is InChI=1S/C21H36N6S/c1-15(2)12-22-21(28)25-20-23-18(26-8-6-5-7-9-26)11-19(24-20)27-13-16(3)10-17(4)14-27/h11,15-17H,5-10,12-14H2,1-4H3,(H2,22,23,24,25,28)/t16-,17-/m0/s1. The highest BCUT2D eigenvalue weighted by Gasteiger charge is 2.25. The van der Waals surface area contributed by atoms with Gasteiger partial charge in [-0.05, 0) is 55.7 Å². The van der Waals surface area contributed by atoms with Gasteiger partial charge < -0.3 is 20.4 Å². The molecule has 28 heavy (non-hydrogen) atoms. The Morgan fingerprint density at radius 2 is 1.68 bits per heavy atom. The molecule has 1 aromatic rings. The van der Waals surface area contributed by atoms with Crippen LogP contribution in [0, 0.1) is 17.8 Å². The van der Waals surface area contributed by atoms with E-state index in [1.54, 1.807) is 0 Å². The van der Waals surface area contributed by atoms with Crippen LogP contribution in [0.1, 0.15) is 53.4 Å². The van der Waals surface area contributed by atoms with Crippen LogP contribution in [0.4, 0.5) is 17.6 Å². The normalized spacial score (nSPS) is 23.0. The Hall–Kier alpha value is -1.63. The summed E-state index contributed by atoms with van der Waals surface area (Å²) in [4.78, 5) is 14.5. The topological polar surface area (TPSA) is 56.3 Å². The lowest BCUT2D eigenvalue weighted by atomic mass is 9.92. The molecule has 2 atom stereocenters. The monoisotopic (exact) mass is 404 g/mol. The van der Waals surface area contributed by atoms with Gasteiger partial charge in [-0.25, -0.2) is 0 Å². The number of hydrogen-bond donors (Lipinski definition) is 2. The van der Waals surface area contributed by atoms with Crippen LogP contribution in [0.2, 0.25) is 0 Å². The van der Waals surface area contributed by atoms with Gasteiger partial charge in [-0.3, -0.25) is 0 Å². The Kier molecular flexibility index (Phi) is 7.32. The first kappa shape index (κ1) is 21.1. The smallest absolute Gasteiger partial charge is 0.232 e. The van der Waals surface area contributed by atoms with E-state index in [-0.39, 0.29) is 0 Å². The van der Waals surface area contributed by atoms with Gasteiger partial charge in [0.1, 0.15) is 11.6 Å². The van der Waals surface area contributed by atoms with Crippen molar-refractivity contribution < 1.29 is 0 Å². The number of anilines is 3. The van der Waals surface area contributed by atoms with Gasteiger partial charge >= 0.3 is 0 Å². The molecule has 6 nitrogen and oxygen atoms in total. The average molecular weight is 405 g/mol. The Morgan fingerprint density at radius 1 is 1.07 bits per heavy atom. The molecule has 2 saturated heterocycles. The molecule has 0 radical (unpaired) electrons. The Balaban J connectivity index is 1.82. The highest BCUT2D eigenvalue weighted by molar-refractivity contribution is 7.80. The maximum absolute atomic E-state index is 5.46. The molecule has 2 fully saturated rings. The molecule has 1 aromatic heterocycles. The summed E-state index contributed by atoms with van der Waals surface area (Å²) >= 11 is 5.46. The molecule has 2 N–H and O–H groups in total. The minimum atomic E-state index is 0.534. The fourth-order valence-corrected chi connectivity index (χ4v) is 4.39. The van der Waals surface area contributed by atoms with Crippen molar-refractivity contribution in [1.82, 2.24) is 15.3 Å². The lowest BCUT2D eigenvalue weighted by Gasteiger charge is -2.36. The Bertz CT molecular complexity index is 648. The van der Waals surface area contributed by atoms with E-state index in [0.29, 0.717) is 28.8 Å². The van der Waals surface area contributed by atoms with Gasteiger partial charge in [0, 0.05) is 38.8 Å². The second-order valence-electron chi connectivity index (χ2n) is 9.04. The Labute approximate surface area is 175 Å². The summed E-state index contributed by atoms with van der Waals surface area (Å²) in [6.45, 7) is 14.1. The van der Waals surface area contributed by atoms with Gasteiger partial charge in [-0.1, -0.05) is 27.7 Å². The van der Waals surface area contributed by atoms with Crippen LogP contribution in [0.3, 0.4) is 0 Å². The van der Waals surface area contributed by atoms with Crippen LogP contribution < -0.4 is 20.4 Å². The van der Waals surface area contributed by atoms with Crippen molar-refractivity contribution in [3.05, 3.63) is 6.07 Å². The van der Waals surface area contributed by atoms with E-state index < -0.39 is 0 Å². The molecule has 0 spiro atoms. The van der Waals surface area contributed by atoms with Crippen LogP contribution in [0.5, 0.6) is 0 Å². The predicted octanol–water partition coefficient (Wildman–Crippen LogP) is 3.89. The first-order valence-electron chi connectivity index (χ1n) is 10.8. The SMILES string of the molecule is CC(C)CNC(=S)Nc1nc(N2CCCCC2)cc(N2C[C@@H](C)C[C@H](C)C2)n1. The minimum Gasteiger partial charge on any atom is -0.362 e. The van der Waals surface area contributed by atoms with Crippen LogP contribution in [0.25, 0.3) is 0 Å². The van der Waals surface area contributed by atoms with Gasteiger partial charge in [0.15, 0.2) is 5.11 Å². The molecule has 0 saturated carbocycles. The number of aromatic nitrogens is 2. The zero-order chi connectivity index (χ0) is 20.1. The molecule has 0 aliphatic carbocycles. The third kappa shape index (κ3) is 5.93. The summed E-state index contributed by atoms with van der Waals surface area (Å²) in [5.41, 5.74) is 0. The van der Waals surface area contributed by atoms with Crippen molar-refractivity contribution in [2.45, 2.75) is 53.4 Å². The zero-order valence-electron chi connectivity index (χ0n) is 17.9. The first-order chi connectivity index (χ1) is 13.4. The van der Waals surface area contributed by atoms with Crippen LogP contribution in [0.15, 0.2) is 6.07 Å². The molecule has 3 rings (SSSR count). The summed E-state index contributed by atoms with van der Waals surface area (Å²) in [5, 5.41) is 7.07. The quantitative estimate of drug-likeness (QED) is 0.722. The molecule has 2 aliphatic heterocycles. The number of piperidine rings is 2. The van der Waals surface area contributed by atoms with Crippen molar-refractivity contribution in [3.8, 4) is 0 Å². The molecule has 0 bridgehead atoms. The van der Waals surface area contributed by atoms with Crippen molar-refractivity contribution >= 4 is 34.9 Å². The van der Waals surface area contributed by atoms with Gasteiger partial charge in [-0.2, -0.15) is 9.97 Å². The molecular weight excluding hydrogens is 368 g/mol. The van der Waals surface area contributed by atoms with Crippen LogP contribution >= 0.6 is 12.2 Å². The summed E-state index contributed by atoms with van der Waals surface area (Å²) in [5.74, 6) is 4.54. The van der Waals surface area contributed by atoms with Crippen molar-refractivity contribution in [1.29, 1.82) is 0 Å². The molecule has 2 aliphatic rings. The molecule has 0 unspecified atom stereocenters. The van der Waals surface area contributed by atoms with Crippen molar-refractivity contribution in [3.63, 3.8) is 0 Å². The van der Waals surface area contributed by atoms with E-state index in [1.807, 2.05) is 0 Å². The fourth-order valence-electron chi connectivity index (χ4n) is 4.22. The van der Waals surface area contributed by atoms with Gasteiger partial charge in [0.2, 0.25) is 5.95 Å². The third-order valence-corrected chi connectivity index (χ3v) is 5.71. The third-order valence-electron chi connectivity index (χ3n) is 5.47. The van der Waals surface area contributed by atoms with E-state index in [9.17, 15) is 0 Å². The van der Waals surface area contributed by atoms with Crippen molar-refractivity contribution in [2.24, 2.45) is 17.8 Å². The largest absolute Gasteiger partial charge is 0.362 e. The van der Waals surface area contributed by atoms with E-state index >= 15 is 0 Å². The molecule has 0 aromatic carbocycles. The second-order valence-corrected chi connectivity index (χ2v) is 9.44. The zero-order valence-corrected chi connectivity index (χ0v) is 18.7. The second kappa shape index (κ2) is 9.72. The predicted molar refractivity (Wildman–Crippen MR) is 122 cm³/mol. The van der Waals surface area contributed by atoms with E-state index in [1.165, 1.54) is 25.7 Å². The average Bonchev–Trinajstić information content (AvgIpc) is 2.66.